The van der Waals surface area contributed by atoms with Crippen molar-refractivity contribution in [3.8, 4) is 0 Å². The van der Waals surface area contributed by atoms with E-state index in [1.165, 1.54) is 45.3 Å². The molecule has 2 nitrogen and oxygen atoms in total. The summed E-state index contributed by atoms with van der Waals surface area (Å²) in [4.78, 5) is 2.76. The zero-order valence-corrected chi connectivity index (χ0v) is 9.63. The Morgan fingerprint density at radius 2 is 2.00 bits per heavy atom. The van der Waals surface area contributed by atoms with Gasteiger partial charge in [0.25, 0.3) is 0 Å². The zero-order valence-electron chi connectivity index (χ0n) is 9.63. The molecule has 1 saturated carbocycles. The van der Waals surface area contributed by atoms with Crippen LogP contribution in [-0.4, -0.2) is 36.6 Å². The minimum absolute atomic E-state index is 0.845. The van der Waals surface area contributed by atoms with E-state index in [1.54, 1.807) is 0 Å². The van der Waals surface area contributed by atoms with Crippen LogP contribution >= 0.6 is 0 Å². The lowest BCUT2D eigenvalue weighted by Gasteiger charge is -2.43. The van der Waals surface area contributed by atoms with Crippen LogP contribution in [0.3, 0.4) is 0 Å². The van der Waals surface area contributed by atoms with Crippen LogP contribution in [-0.2, 0) is 0 Å². The highest BCUT2D eigenvalue weighted by Crippen LogP contribution is 2.33. The van der Waals surface area contributed by atoms with Crippen molar-refractivity contribution < 1.29 is 0 Å². The first kappa shape index (κ1) is 10.4. The summed E-state index contributed by atoms with van der Waals surface area (Å²) in [5.74, 6) is 0.982. The van der Waals surface area contributed by atoms with Crippen molar-refractivity contribution in [1.29, 1.82) is 0 Å². The predicted molar refractivity (Wildman–Crippen MR) is 60.5 cm³/mol. The highest BCUT2D eigenvalue weighted by molar-refractivity contribution is 4.92. The van der Waals surface area contributed by atoms with Gasteiger partial charge in [-0.3, -0.25) is 4.90 Å². The van der Waals surface area contributed by atoms with Crippen molar-refractivity contribution >= 4 is 0 Å². The summed E-state index contributed by atoms with van der Waals surface area (Å²) >= 11 is 0. The van der Waals surface area contributed by atoms with Gasteiger partial charge in [-0.15, -0.1) is 0 Å². The number of rotatable bonds is 4. The van der Waals surface area contributed by atoms with Crippen LogP contribution in [0, 0.1) is 5.92 Å². The molecule has 2 aliphatic rings. The second-order valence-electron chi connectivity index (χ2n) is 4.81. The summed E-state index contributed by atoms with van der Waals surface area (Å²) in [6, 6.07) is 1.74. The minimum atomic E-state index is 0.845. The molecule has 0 bridgehead atoms. The van der Waals surface area contributed by atoms with E-state index in [4.69, 9.17) is 0 Å². The number of likely N-dealkylation sites (N-methyl/N-ethyl adjacent to an activating group) is 1. The molecule has 2 heteroatoms. The van der Waals surface area contributed by atoms with Crippen molar-refractivity contribution in [3.63, 3.8) is 0 Å². The molecular weight excluding hydrogens is 172 g/mol. The van der Waals surface area contributed by atoms with E-state index in [-0.39, 0.29) is 0 Å². The van der Waals surface area contributed by atoms with E-state index in [0.29, 0.717) is 0 Å². The van der Waals surface area contributed by atoms with Crippen LogP contribution in [0.15, 0.2) is 0 Å². The molecule has 1 N–H and O–H groups in total. The molecule has 0 radical (unpaired) electrons. The summed E-state index contributed by atoms with van der Waals surface area (Å²) < 4.78 is 0. The third-order valence-corrected chi connectivity index (χ3v) is 4.16. The molecule has 0 aromatic carbocycles. The van der Waals surface area contributed by atoms with E-state index < -0.39 is 0 Å². The summed E-state index contributed by atoms with van der Waals surface area (Å²) in [5, 5.41) is 3.39. The number of hydrogen-bond donors (Lipinski definition) is 1. The van der Waals surface area contributed by atoms with Gasteiger partial charge < -0.3 is 5.32 Å². The average Bonchev–Trinajstić information content (AvgIpc) is 2.58. The molecule has 0 aromatic heterocycles. The third kappa shape index (κ3) is 1.82. The van der Waals surface area contributed by atoms with Gasteiger partial charge in [-0.2, -0.15) is 0 Å². The monoisotopic (exact) mass is 196 g/mol. The maximum absolute atomic E-state index is 3.39. The maximum Gasteiger partial charge on any atom is 0.0348 e. The number of nitrogens with one attached hydrogen (secondary N) is 1. The van der Waals surface area contributed by atoms with E-state index in [1.807, 2.05) is 0 Å². The predicted octanol–water partition coefficient (Wildman–Crippen LogP) is 1.86. The highest BCUT2D eigenvalue weighted by atomic mass is 15.3. The van der Waals surface area contributed by atoms with Crippen LogP contribution < -0.4 is 5.32 Å². The molecule has 0 spiro atoms. The molecular formula is C12H24N2. The molecule has 1 heterocycles. The fraction of sp³-hybridized carbons (Fsp3) is 1.00. The van der Waals surface area contributed by atoms with Crippen LogP contribution in [0.2, 0.25) is 0 Å². The number of nitrogens with zero attached hydrogens (tertiary/aromatic N) is 1. The minimum Gasteiger partial charge on any atom is -0.314 e. The summed E-state index contributed by atoms with van der Waals surface area (Å²) in [6.45, 7) is 8.37. The van der Waals surface area contributed by atoms with Gasteiger partial charge in [0.05, 0.1) is 0 Å². The molecule has 0 aromatic rings. The first-order valence-electron chi connectivity index (χ1n) is 6.33. The molecule has 0 amide bonds. The molecule has 82 valence electrons. The van der Waals surface area contributed by atoms with E-state index in [0.717, 1.165) is 18.0 Å². The molecule has 14 heavy (non-hydrogen) atoms. The SMILES string of the molecule is CCC1CCCC1N(CC)C1CNC1. The van der Waals surface area contributed by atoms with Crippen LogP contribution in [0.4, 0.5) is 0 Å². The Morgan fingerprint density at radius 3 is 2.50 bits per heavy atom. The first-order chi connectivity index (χ1) is 6.86. The van der Waals surface area contributed by atoms with Gasteiger partial charge in [0.1, 0.15) is 0 Å². The zero-order chi connectivity index (χ0) is 9.97. The Labute approximate surface area is 88.1 Å². The van der Waals surface area contributed by atoms with E-state index in [2.05, 4.69) is 24.1 Å². The Hall–Kier alpha value is -0.0800. The second kappa shape index (κ2) is 4.63. The molecule has 2 atom stereocenters. The van der Waals surface area contributed by atoms with Gasteiger partial charge in [0.2, 0.25) is 0 Å². The third-order valence-electron chi connectivity index (χ3n) is 4.16. The van der Waals surface area contributed by atoms with Gasteiger partial charge in [0.15, 0.2) is 0 Å². The van der Waals surface area contributed by atoms with Crippen LogP contribution in [0.1, 0.15) is 39.5 Å². The van der Waals surface area contributed by atoms with Gasteiger partial charge in [-0.1, -0.05) is 26.7 Å². The quantitative estimate of drug-likeness (QED) is 0.738. The maximum atomic E-state index is 3.39. The Balaban J connectivity index is 1.95. The fourth-order valence-electron chi connectivity index (χ4n) is 3.20. The van der Waals surface area contributed by atoms with E-state index in [9.17, 15) is 0 Å². The smallest absolute Gasteiger partial charge is 0.0348 e. The van der Waals surface area contributed by atoms with Crippen molar-refractivity contribution in [2.24, 2.45) is 5.92 Å². The van der Waals surface area contributed by atoms with Crippen molar-refractivity contribution in [2.45, 2.75) is 51.6 Å². The van der Waals surface area contributed by atoms with Crippen LogP contribution in [0.5, 0.6) is 0 Å². The second-order valence-corrected chi connectivity index (χ2v) is 4.81. The Kier molecular flexibility index (Phi) is 3.45. The van der Waals surface area contributed by atoms with Crippen molar-refractivity contribution in [1.82, 2.24) is 10.2 Å². The molecule has 2 rings (SSSR count). The van der Waals surface area contributed by atoms with Crippen molar-refractivity contribution in [2.75, 3.05) is 19.6 Å². The number of hydrogen-bond acceptors (Lipinski definition) is 2. The standard InChI is InChI=1S/C12H24N2/c1-3-10-6-5-7-12(10)14(4-2)11-8-13-9-11/h10-13H,3-9H2,1-2H3. The normalized spacial score (nSPS) is 33.6. The fourth-order valence-corrected chi connectivity index (χ4v) is 3.20. The lowest BCUT2D eigenvalue weighted by atomic mass is 9.96. The molecule has 1 aliphatic carbocycles. The summed E-state index contributed by atoms with van der Waals surface area (Å²) in [6.07, 6.45) is 5.75. The van der Waals surface area contributed by atoms with Gasteiger partial charge in [-0.05, 0) is 25.3 Å². The van der Waals surface area contributed by atoms with Gasteiger partial charge in [0, 0.05) is 25.2 Å². The lowest BCUT2D eigenvalue weighted by molar-refractivity contribution is 0.0786. The molecule has 2 fully saturated rings. The van der Waals surface area contributed by atoms with Gasteiger partial charge in [-0.25, -0.2) is 0 Å². The topological polar surface area (TPSA) is 15.3 Å². The first-order valence-corrected chi connectivity index (χ1v) is 6.33. The highest BCUT2D eigenvalue weighted by Gasteiger charge is 2.35. The molecule has 1 saturated heterocycles. The summed E-state index contributed by atoms with van der Waals surface area (Å²) in [7, 11) is 0. The van der Waals surface area contributed by atoms with E-state index >= 15 is 0 Å². The van der Waals surface area contributed by atoms with Gasteiger partial charge >= 0.3 is 0 Å². The Morgan fingerprint density at radius 1 is 1.21 bits per heavy atom. The largest absolute Gasteiger partial charge is 0.314 e. The lowest BCUT2D eigenvalue weighted by Crippen LogP contribution is -2.60. The Bertz CT molecular complexity index is 177. The molecule has 1 aliphatic heterocycles. The van der Waals surface area contributed by atoms with Crippen molar-refractivity contribution in [3.05, 3.63) is 0 Å². The molecule has 2 unspecified atom stereocenters. The average molecular weight is 196 g/mol. The van der Waals surface area contributed by atoms with Crippen LogP contribution in [0.25, 0.3) is 0 Å². The summed E-state index contributed by atoms with van der Waals surface area (Å²) in [5.41, 5.74) is 0.